The zero-order valence-electron chi connectivity index (χ0n) is 10.2. The van der Waals surface area contributed by atoms with Crippen molar-refractivity contribution in [3.05, 3.63) is 35.4 Å². The van der Waals surface area contributed by atoms with Gasteiger partial charge in [-0.3, -0.25) is 4.79 Å². The van der Waals surface area contributed by atoms with Crippen molar-refractivity contribution >= 4 is 18.3 Å². The van der Waals surface area contributed by atoms with Crippen LogP contribution in [0.25, 0.3) is 0 Å². The Balaban J connectivity index is 0.00000144. The van der Waals surface area contributed by atoms with Crippen LogP contribution in [0.4, 0.5) is 0 Å². The predicted octanol–water partition coefficient (Wildman–Crippen LogP) is 2.04. The molecule has 1 atom stereocenters. The van der Waals surface area contributed by atoms with Gasteiger partial charge >= 0.3 is 0 Å². The summed E-state index contributed by atoms with van der Waals surface area (Å²) in [4.78, 5) is 13.8. The molecule has 0 spiro atoms. The first-order valence-electron chi connectivity index (χ1n) is 5.68. The first-order valence-corrected chi connectivity index (χ1v) is 5.68. The second-order valence-electron chi connectivity index (χ2n) is 4.57. The average molecular weight is 255 g/mol. The number of carbonyl (C=O) groups is 1. The third-order valence-corrected chi connectivity index (χ3v) is 3.14. The van der Waals surface area contributed by atoms with E-state index < -0.39 is 6.04 Å². The molecule has 1 fully saturated rings. The van der Waals surface area contributed by atoms with Crippen LogP contribution in [0.2, 0.25) is 0 Å². The Morgan fingerprint density at radius 2 is 1.88 bits per heavy atom. The summed E-state index contributed by atoms with van der Waals surface area (Å²) in [5, 5.41) is 0. The van der Waals surface area contributed by atoms with Gasteiger partial charge < -0.3 is 10.6 Å². The van der Waals surface area contributed by atoms with Gasteiger partial charge in [-0.15, -0.1) is 12.4 Å². The van der Waals surface area contributed by atoms with E-state index in [0.717, 1.165) is 18.4 Å². The Morgan fingerprint density at radius 1 is 1.35 bits per heavy atom. The summed E-state index contributed by atoms with van der Waals surface area (Å²) in [5.74, 6) is 0.0198. The van der Waals surface area contributed by atoms with Gasteiger partial charge in [0.25, 0.3) is 0 Å². The normalized spacial score (nSPS) is 15.9. The molecule has 2 N–H and O–H groups in total. The standard InChI is InChI=1S/C13H18N2O.ClH/c1-9-3-5-10(6-4-9)12(14)13(16)15(2)11-7-8-11;/h3-6,11-12H,7-8,14H2,1-2H3;1H. The third kappa shape index (κ3) is 3.20. The number of carbonyl (C=O) groups excluding carboxylic acids is 1. The maximum Gasteiger partial charge on any atom is 0.244 e. The monoisotopic (exact) mass is 254 g/mol. The maximum atomic E-state index is 12.0. The summed E-state index contributed by atoms with van der Waals surface area (Å²) in [5.41, 5.74) is 8.04. The summed E-state index contributed by atoms with van der Waals surface area (Å²) < 4.78 is 0. The van der Waals surface area contributed by atoms with E-state index in [1.165, 1.54) is 5.56 Å². The molecule has 0 bridgehead atoms. The van der Waals surface area contributed by atoms with Gasteiger partial charge in [0.15, 0.2) is 0 Å². The van der Waals surface area contributed by atoms with Gasteiger partial charge in [0.1, 0.15) is 6.04 Å². The van der Waals surface area contributed by atoms with Crippen LogP contribution in [0.5, 0.6) is 0 Å². The fourth-order valence-corrected chi connectivity index (χ4v) is 1.78. The van der Waals surface area contributed by atoms with Crippen molar-refractivity contribution in [3.63, 3.8) is 0 Å². The molecule has 1 aromatic carbocycles. The van der Waals surface area contributed by atoms with Crippen molar-refractivity contribution < 1.29 is 4.79 Å². The van der Waals surface area contributed by atoms with Gasteiger partial charge in [-0.05, 0) is 25.3 Å². The SMILES string of the molecule is Cc1ccc(C(N)C(=O)N(C)C2CC2)cc1.Cl. The Hall–Kier alpha value is -1.06. The fourth-order valence-electron chi connectivity index (χ4n) is 1.78. The summed E-state index contributed by atoms with van der Waals surface area (Å²) in [7, 11) is 1.84. The van der Waals surface area contributed by atoms with E-state index >= 15 is 0 Å². The highest BCUT2D eigenvalue weighted by Crippen LogP contribution is 2.27. The highest BCUT2D eigenvalue weighted by Gasteiger charge is 2.32. The minimum Gasteiger partial charge on any atom is -0.341 e. The molecule has 1 aliphatic carbocycles. The van der Waals surface area contributed by atoms with Crippen LogP contribution in [0.15, 0.2) is 24.3 Å². The Kier molecular flexibility index (Phi) is 4.54. The van der Waals surface area contributed by atoms with Gasteiger partial charge in [-0.25, -0.2) is 0 Å². The lowest BCUT2D eigenvalue weighted by Crippen LogP contribution is -2.37. The molecule has 3 nitrogen and oxygen atoms in total. The van der Waals surface area contributed by atoms with Crippen LogP contribution in [0.1, 0.15) is 30.0 Å². The van der Waals surface area contributed by atoms with Crippen LogP contribution in [0.3, 0.4) is 0 Å². The Morgan fingerprint density at radius 3 is 2.35 bits per heavy atom. The quantitative estimate of drug-likeness (QED) is 0.897. The average Bonchev–Trinajstić information content (AvgIpc) is 3.11. The Labute approximate surface area is 108 Å². The zero-order chi connectivity index (χ0) is 11.7. The fraction of sp³-hybridized carbons (Fsp3) is 0.462. The molecule has 2 rings (SSSR count). The molecule has 0 radical (unpaired) electrons. The summed E-state index contributed by atoms with van der Waals surface area (Å²) in [6.45, 7) is 2.02. The molecule has 0 heterocycles. The van der Waals surface area contributed by atoms with Crippen molar-refractivity contribution in [2.45, 2.75) is 31.8 Å². The number of nitrogens with zero attached hydrogens (tertiary/aromatic N) is 1. The van der Waals surface area contributed by atoms with E-state index in [9.17, 15) is 4.79 Å². The molecular formula is C13H19ClN2O. The molecule has 1 aliphatic rings. The zero-order valence-corrected chi connectivity index (χ0v) is 11.0. The number of nitrogens with two attached hydrogens (primary N) is 1. The first-order chi connectivity index (χ1) is 7.59. The van der Waals surface area contributed by atoms with Gasteiger partial charge in [0.2, 0.25) is 5.91 Å². The summed E-state index contributed by atoms with van der Waals surface area (Å²) >= 11 is 0. The maximum absolute atomic E-state index is 12.0. The highest BCUT2D eigenvalue weighted by atomic mass is 35.5. The minimum absolute atomic E-state index is 0. The molecule has 0 aliphatic heterocycles. The molecule has 17 heavy (non-hydrogen) atoms. The van der Waals surface area contributed by atoms with Crippen molar-refractivity contribution in [2.24, 2.45) is 5.73 Å². The smallest absolute Gasteiger partial charge is 0.244 e. The number of hydrogen-bond acceptors (Lipinski definition) is 2. The summed E-state index contributed by atoms with van der Waals surface area (Å²) in [6, 6.07) is 7.73. The second kappa shape index (κ2) is 5.52. The molecule has 1 amide bonds. The molecule has 94 valence electrons. The number of benzene rings is 1. The van der Waals surface area contributed by atoms with Crippen LogP contribution >= 0.6 is 12.4 Å². The van der Waals surface area contributed by atoms with Crippen molar-refractivity contribution in [1.29, 1.82) is 0 Å². The molecule has 1 saturated carbocycles. The molecule has 1 aromatic rings. The number of amides is 1. The second-order valence-corrected chi connectivity index (χ2v) is 4.57. The van der Waals surface area contributed by atoms with E-state index in [2.05, 4.69) is 0 Å². The number of likely N-dealkylation sites (N-methyl/N-ethyl adjacent to an activating group) is 1. The number of hydrogen-bond donors (Lipinski definition) is 1. The van der Waals surface area contributed by atoms with Crippen LogP contribution in [-0.2, 0) is 4.79 Å². The first kappa shape index (κ1) is 14.0. The van der Waals surface area contributed by atoms with Crippen molar-refractivity contribution in [1.82, 2.24) is 4.90 Å². The lowest BCUT2D eigenvalue weighted by Gasteiger charge is -2.21. The molecule has 0 aromatic heterocycles. The topological polar surface area (TPSA) is 46.3 Å². The third-order valence-electron chi connectivity index (χ3n) is 3.14. The molecule has 4 heteroatoms. The summed E-state index contributed by atoms with van der Waals surface area (Å²) in [6.07, 6.45) is 2.23. The van der Waals surface area contributed by atoms with E-state index in [-0.39, 0.29) is 18.3 Å². The van der Waals surface area contributed by atoms with Crippen molar-refractivity contribution in [2.75, 3.05) is 7.05 Å². The number of aryl methyl sites for hydroxylation is 1. The van der Waals surface area contributed by atoms with Crippen LogP contribution < -0.4 is 5.73 Å². The van der Waals surface area contributed by atoms with E-state index in [1.807, 2.05) is 38.2 Å². The van der Waals surface area contributed by atoms with E-state index in [4.69, 9.17) is 5.73 Å². The van der Waals surface area contributed by atoms with Gasteiger partial charge in [0.05, 0.1) is 0 Å². The van der Waals surface area contributed by atoms with Gasteiger partial charge in [0, 0.05) is 13.1 Å². The predicted molar refractivity (Wildman–Crippen MR) is 71.1 cm³/mol. The number of halogens is 1. The minimum atomic E-state index is -0.522. The Bertz CT molecular complexity index is 387. The van der Waals surface area contributed by atoms with E-state index in [1.54, 1.807) is 4.90 Å². The lowest BCUT2D eigenvalue weighted by atomic mass is 10.0. The van der Waals surface area contributed by atoms with Gasteiger partial charge in [-0.1, -0.05) is 29.8 Å². The largest absolute Gasteiger partial charge is 0.341 e. The van der Waals surface area contributed by atoms with Gasteiger partial charge in [-0.2, -0.15) is 0 Å². The molecule has 1 unspecified atom stereocenters. The van der Waals surface area contributed by atoms with Crippen molar-refractivity contribution in [3.8, 4) is 0 Å². The highest BCUT2D eigenvalue weighted by molar-refractivity contribution is 5.85. The van der Waals surface area contributed by atoms with E-state index in [0.29, 0.717) is 6.04 Å². The lowest BCUT2D eigenvalue weighted by molar-refractivity contribution is -0.131. The van der Waals surface area contributed by atoms with Crippen LogP contribution in [0, 0.1) is 6.92 Å². The molecule has 0 saturated heterocycles. The number of rotatable bonds is 3. The molecular weight excluding hydrogens is 236 g/mol. The van der Waals surface area contributed by atoms with Crippen LogP contribution in [-0.4, -0.2) is 23.9 Å².